The molecular weight excluding hydrogens is 224 g/mol. The summed E-state index contributed by atoms with van der Waals surface area (Å²) in [6.45, 7) is 4.14. The maximum Gasteiger partial charge on any atom is 0.242 e. The van der Waals surface area contributed by atoms with Crippen LogP contribution in [0.15, 0.2) is 0 Å². The van der Waals surface area contributed by atoms with Gasteiger partial charge >= 0.3 is 0 Å². The first kappa shape index (κ1) is 13.9. The largest absolute Gasteiger partial charge is 0.344 e. The van der Waals surface area contributed by atoms with Crippen LogP contribution in [0.5, 0.6) is 0 Å². The number of hydrogen-bond donors (Lipinski definition) is 1. The minimum atomic E-state index is -0.234. The quantitative estimate of drug-likeness (QED) is 0.815. The molecule has 104 valence electrons. The molecule has 2 rings (SSSR count). The number of hydrogen-bond acceptors (Lipinski definition) is 2. The van der Waals surface area contributed by atoms with E-state index in [1.54, 1.807) is 0 Å². The number of nitrogens with zero attached hydrogens (tertiary/aromatic N) is 1. The van der Waals surface area contributed by atoms with Crippen molar-refractivity contribution in [3.8, 4) is 0 Å². The molecule has 0 radical (unpaired) electrons. The van der Waals surface area contributed by atoms with Crippen LogP contribution in [0.2, 0.25) is 0 Å². The van der Waals surface area contributed by atoms with E-state index in [-0.39, 0.29) is 5.54 Å². The zero-order valence-corrected chi connectivity index (χ0v) is 12.0. The van der Waals surface area contributed by atoms with E-state index in [1.807, 2.05) is 11.9 Å². The van der Waals surface area contributed by atoms with Crippen LogP contribution in [0.1, 0.15) is 58.3 Å². The van der Waals surface area contributed by atoms with E-state index in [9.17, 15) is 4.79 Å². The van der Waals surface area contributed by atoms with Gasteiger partial charge in [0.2, 0.25) is 5.91 Å². The molecular formula is C15H28N2O. The van der Waals surface area contributed by atoms with Gasteiger partial charge in [-0.25, -0.2) is 0 Å². The lowest BCUT2D eigenvalue weighted by molar-refractivity contribution is -0.137. The average Bonchev–Trinajstić information content (AvgIpc) is 3.00. The lowest BCUT2D eigenvalue weighted by atomic mass is 9.90. The lowest BCUT2D eigenvalue weighted by Gasteiger charge is -2.33. The summed E-state index contributed by atoms with van der Waals surface area (Å²) in [6, 6.07) is 0. The van der Waals surface area contributed by atoms with Gasteiger partial charge in [-0.2, -0.15) is 0 Å². The first-order chi connectivity index (χ1) is 8.68. The molecule has 2 fully saturated rings. The second-order valence-corrected chi connectivity index (χ2v) is 6.20. The molecule has 18 heavy (non-hydrogen) atoms. The highest BCUT2D eigenvalue weighted by molar-refractivity contribution is 5.86. The van der Waals surface area contributed by atoms with E-state index in [1.165, 1.54) is 25.7 Å². The van der Waals surface area contributed by atoms with E-state index < -0.39 is 0 Å². The van der Waals surface area contributed by atoms with Crippen LogP contribution in [0.25, 0.3) is 0 Å². The van der Waals surface area contributed by atoms with E-state index in [4.69, 9.17) is 0 Å². The number of nitrogens with one attached hydrogen (secondary N) is 1. The van der Waals surface area contributed by atoms with Crippen LogP contribution < -0.4 is 5.32 Å². The summed E-state index contributed by atoms with van der Waals surface area (Å²) in [7, 11) is 2.00. The van der Waals surface area contributed by atoms with Gasteiger partial charge in [-0.15, -0.1) is 0 Å². The van der Waals surface area contributed by atoms with Crippen LogP contribution >= 0.6 is 0 Å². The van der Waals surface area contributed by atoms with Crippen LogP contribution in [0, 0.1) is 5.92 Å². The fourth-order valence-electron chi connectivity index (χ4n) is 3.76. The Hall–Kier alpha value is -0.570. The zero-order chi connectivity index (χ0) is 13.0. The highest BCUT2D eigenvalue weighted by atomic mass is 16.2. The Balaban J connectivity index is 1.94. The topological polar surface area (TPSA) is 32.3 Å². The minimum absolute atomic E-state index is 0.234. The van der Waals surface area contributed by atoms with E-state index in [0.29, 0.717) is 5.91 Å². The Morgan fingerprint density at radius 2 is 2.06 bits per heavy atom. The standard InChI is InChI=1S/C15H28N2O/c1-3-9-15(10-6-11-16-15)14(18)17(2)12-13-7-4-5-8-13/h13,16H,3-12H2,1-2H3. The second kappa shape index (κ2) is 6.05. The molecule has 3 nitrogen and oxygen atoms in total. The monoisotopic (exact) mass is 252 g/mol. The third-order valence-corrected chi connectivity index (χ3v) is 4.68. The molecule has 1 aliphatic heterocycles. The number of likely N-dealkylation sites (N-methyl/N-ethyl adjacent to an activating group) is 1. The summed E-state index contributed by atoms with van der Waals surface area (Å²) in [5, 5.41) is 3.49. The summed E-state index contributed by atoms with van der Waals surface area (Å²) in [5.74, 6) is 1.09. The molecule has 0 aromatic rings. The number of carbonyl (C=O) groups excluding carboxylic acids is 1. The predicted octanol–water partition coefficient (Wildman–Crippen LogP) is 2.56. The Labute approximate surface area is 111 Å². The van der Waals surface area contributed by atoms with Gasteiger partial charge in [0.15, 0.2) is 0 Å². The van der Waals surface area contributed by atoms with Crippen molar-refractivity contribution in [2.75, 3.05) is 20.1 Å². The van der Waals surface area contributed by atoms with Gasteiger partial charge in [0.1, 0.15) is 0 Å². The molecule has 1 N–H and O–H groups in total. The van der Waals surface area contributed by atoms with Gasteiger partial charge < -0.3 is 10.2 Å². The van der Waals surface area contributed by atoms with Gasteiger partial charge in [-0.05, 0) is 44.6 Å². The Bertz CT molecular complexity index is 278. The fraction of sp³-hybridized carbons (Fsp3) is 0.933. The highest BCUT2D eigenvalue weighted by Crippen LogP contribution is 2.29. The summed E-state index contributed by atoms with van der Waals surface area (Å²) in [4.78, 5) is 14.7. The van der Waals surface area contributed by atoms with Crippen molar-refractivity contribution < 1.29 is 4.79 Å². The Morgan fingerprint density at radius 1 is 1.33 bits per heavy atom. The molecule has 1 saturated heterocycles. The maximum absolute atomic E-state index is 12.7. The predicted molar refractivity (Wildman–Crippen MR) is 74.5 cm³/mol. The van der Waals surface area contributed by atoms with Gasteiger partial charge in [-0.3, -0.25) is 4.79 Å². The molecule has 0 spiro atoms. The van der Waals surface area contributed by atoms with Crippen molar-refractivity contribution >= 4 is 5.91 Å². The molecule has 1 unspecified atom stereocenters. The summed E-state index contributed by atoms with van der Waals surface area (Å²) >= 11 is 0. The molecule has 1 atom stereocenters. The molecule has 1 amide bonds. The van der Waals surface area contributed by atoms with Gasteiger partial charge in [0.05, 0.1) is 5.54 Å². The van der Waals surface area contributed by atoms with Crippen molar-refractivity contribution in [3.63, 3.8) is 0 Å². The number of amides is 1. The first-order valence-electron chi connectivity index (χ1n) is 7.68. The Kier molecular flexibility index (Phi) is 4.66. The molecule has 2 aliphatic rings. The smallest absolute Gasteiger partial charge is 0.242 e. The van der Waals surface area contributed by atoms with E-state index in [2.05, 4.69) is 12.2 Å². The second-order valence-electron chi connectivity index (χ2n) is 6.20. The van der Waals surface area contributed by atoms with E-state index >= 15 is 0 Å². The summed E-state index contributed by atoms with van der Waals surface area (Å²) < 4.78 is 0. The van der Waals surface area contributed by atoms with Crippen molar-refractivity contribution in [2.45, 2.75) is 63.8 Å². The van der Waals surface area contributed by atoms with Crippen LogP contribution in [0.3, 0.4) is 0 Å². The van der Waals surface area contributed by atoms with Gasteiger partial charge in [0, 0.05) is 13.6 Å². The fourth-order valence-corrected chi connectivity index (χ4v) is 3.76. The van der Waals surface area contributed by atoms with Crippen LogP contribution in [0.4, 0.5) is 0 Å². The van der Waals surface area contributed by atoms with Gasteiger partial charge in [0.25, 0.3) is 0 Å². The normalized spacial score (nSPS) is 28.8. The van der Waals surface area contributed by atoms with Crippen molar-refractivity contribution in [2.24, 2.45) is 5.92 Å². The van der Waals surface area contributed by atoms with Crippen molar-refractivity contribution in [3.05, 3.63) is 0 Å². The average molecular weight is 252 g/mol. The van der Waals surface area contributed by atoms with Crippen molar-refractivity contribution in [1.82, 2.24) is 10.2 Å². The SMILES string of the molecule is CCCC1(C(=O)N(C)CC2CCCC2)CCCN1. The molecule has 0 aromatic heterocycles. The lowest BCUT2D eigenvalue weighted by Crippen LogP contribution is -2.54. The molecule has 0 bridgehead atoms. The van der Waals surface area contributed by atoms with Crippen molar-refractivity contribution in [1.29, 1.82) is 0 Å². The molecule has 1 aliphatic carbocycles. The highest BCUT2D eigenvalue weighted by Gasteiger charge is 2.41. The maximum atomic E-state index is 12.7. The van der Waals surface area contributed by atoms with Crippen LogP contribution in [-0.2, 0) is 4.79 Å². The van der Waals surface area contributed by atoms with Gasteiger partial charge in [-0.1, -0.05) is 26.2 Å². The van der Waals surface area contributed by atoms with Crippen LogP contribution in [-0.4, -0.2) is 36.5 Å². The molecule has 1 saturated carbocycles. The number of carbonyl (C=O) groups is 1. The zero-order valence-electron chi connectivity index (χ0n) is 12.0. The first-order valence-corrected chi connectivity index (χ1v) is 7.68. The third-order valence-electron chi connectivity index (χ3n) is 4.68. The molecule has 3 heteroatoms. The Morgan fingerprint density at radius 3 is 2.61 bits per heavy atom. The minimum Gasteiger partial charge on any atom is -0.344 e. The summed E-state index contributed by atoms with van der Waals surface area (Å²) in [6.07, 6.45) is 9.56. The number of rotatable bonds is 5. The molecule has 1 heterocycles. The third kappa shape index (κ3) is 2.87. The summed E-state index contributed by atoms with van der Waals surface area (Å²) in [5.41, 5.74) is -0.234. The van der Waals surface area contributed by atoms with E-state index in [0.717, 1.165) is 44.7 Å². The molecule has 0 aromatic carbocycles.